The summed E-state index contributed by atoms with van der Waals surface area (Å²) >= 11 is 1.36. The van der Waals surface area contributed by atoms with Crippen molar-refractivity contribution in [1.29, 1.82) is 0 Å². The van der Waals surface area contributed by atoms with E-state index in [1.807, 2.05) is 25.1 Å². The maximum atomic E-state index is 11.4. The van der Waals surface area contributed by atoms with Crippen molar-refractivity contribution in [2.45, 2.75) is 24.0 Å². The second kappa shape index (κ2) is 4.53. The summed E-state index contributed by atoms with van der Waals surface area (Å²) < 4.78 is 5.24. The van der Waals surface area contributed by atoms with Gasteiger partial charge in [-0.3, -0.25) is 4.79 Å². The molecule has 0 aliphatic heterocycles. The third-order valence-corrected chi connectivity index (χ3v) is 3.00. The molecule has 16 heavy (non-hydrogen) atoms. The molecular formula is C12H11NO2S. The summed E-state index contributed by atoms with van der Waals surface area (Å²) in [6.07, 6.45) is 1.60. The molecular weight excluding hydrogens is 222 g/mol. The van der Waals surface area contributed by atoms with Crippen LogP contribution in [0.3, 0.4) is 0 Å². The summed E-state index contributed by atoms with van der Waals surface area (Å²) in [5, 5.41) is 0.561. The maximum Gasteiger partial charge on any atom is 0.260 e. The SMILES string of the molecule is CC(=O)c1ccccc1Sc1nc(C)co1. The Hall–Kier alpha value is -1.55. The number of ketones is 1. The molecule has 3 nitrogen and oxygen atoms in total. The van der Waals surface area contributed by atoms with Crippen LogP contribution in [-0.4, -0.2) is 10.8 Å². The molecule has 0 spiro atoms. The molecule has 2 rings (SSSR count). The van der Waals surface area contributed by atoms with Crippen LogP contribution >= 0.6 is 11.8 Å². The van der Waals surface area contributed by atoms with Gasteiger partial charge in [0.1, 0.15) is 6.26 Å². The number of hydrogen-bond acceptors (Lipinski definition) is 4. The van der Waals surface area contributed by atoms with Crippen molar-refractivity contribution in [3.63, 3.8) is 0 Å². The van der Waals surface area contributed by atoms with Crippen molar-refractivity contribution in [2.75, 3.05) is 0 Å². The van der Waals surface area contributed by atoms with E-state index in [2.05, 4.69) is 4.98 Å². The number of aromatic nitrogens is 1. The van der Waals surface area contributed by atoms with Gasteiger partial charge in [-0.1, -0.05) is 18.2 Å². The van der Waals surface area contributed by atoms with E-state index in [1.165, 1.54) is 11.8 Å². The third-order valence-electron chi connectivity index (χ3n) is 2.06. The predicted octanol–water partition coefficient (Wildman–Crippen LogP) is 3.34. The van der Waals surface area contributed by atoms with E-state index < -0.39 is 0 Å². The lowest BCUT2D eigenvalue weighted by molar-refractivity contribution is 0.101. The third kappa shape index (κ3) is 2.33. The molecule has 1 aromatic heterocycles. The Labute approximate surface area is 97.9 Å². The van der Waals surface area contributed by atoms with E-state index in [4.69, 9.17) is 4.42 Å². The van der Waals surface area contributed by atoms with Gasteiger partial charge in [-0.05, 0) is 31.7 Å². The molecule has 0 saturated carbocycles. The summed E-state index contributed by atoms with van der Waals surface area (Å²) in [4.78, 5) is 16.5. The molecule has 0 fully saturated rings. The minimum Gasteiger partial charge on any atom is -0.439 e. The van der Waals surface area contributed by atoms with Gasteiger partial charge in [-0.2, -0.15) is 0 Å². The number of nitrogens with zero attached hydrogens (tertiary/aromatic N) is 1. The van der Waals surface area contributed by atoms with Gasteiger partial charge in [0.2, 0.25) is 0 Å². The van der Waals surface area contributed by atoms with Crippen LogP contribution in [0.4, 0.5) is 0 Å². The standard InChI is InChI=1S/C12H11NO2S/c1-8-7-15-12(13-8)16-11-6-4-3-5-10(11)9(2)14/h3-7H,1-2H3. The van der Waals surface area contributed by atoms with Gasteiger partial charge in [0, 0.05) is 10.5 Å². The highest BCUT2D eigenvalue weighted by atomic mass is 32.2. The number of Topliss-reactive ketones (excluding diaryl/α,β-unsaturated/α-hetero) is 1. The Balaban J connectivity index is 2.31. The largest absolute Gasteiger partial charge is 0.439 e. The van der Waals surface area contributed by atoms with Gasteiger partial charge < -0.3 is 4.42 Å². The molecule has 0 aliphatic rings. The van der Waals surface area contributed by atoms with Crippen LogP contribution in [0.2, 0.25) is 0 Å². The summed E-state index contributed by atoms with van der Waals surface area (Å²) in [5.41, 5.74) is 1.53. The van der Waals surface area contributed by atoms with Crippen LogP contribution in [-0.2, 0) is 0 Å². The van der Waals surface area contributed by atoms with Crippen LogP contribution in [0.25, 0.3) is 0 Å². The van der Waals surface area contributed by atoms with Gasteiger partial charge in [0.25, 0.3) is 5.22 Å². The number of aryl methyl sites for hydroxylation is 1. The Bertz CT molecular complexity index is 519. The topological polar surface area (TPSA) is 43.1 Å². The number of carbonyl (C=O) groups excluding carboxylic acids is 1. The van der Waals surface area contributed by atoms with Crippen molar-refractivity contribution in [1.82, 2.24) is 4.98 Å². The van der Waals surface area contributed by atoms with Gasteiger partial charge in [-0.25, -0.2) is 4.98 Å². The van der Waals surface area contributed by atoms with Crippen LogP contribution in [0, 0.1) is 6.92 Å². The van der Waals surface area contributed by atoms with E-state index in [-0.39, 0.29) is 5.78 Å². The lowest BCUT2D eigenvalue weighted by atomic mass is 10.1. The fourth-order valence-corrected chi connectivity index (χ4v) is 2.26. The van der Waals surface area contributed by atoms with Crippen molar-refractivity contribution in [3.05, 3.63) is 41.8 Å². The van der Waals surface area contributed by atoms with Crippen LogP contribution in [0.15, 0.2) is 45.1 Å². The number of rotatable bonds is 3. The van der Waals surface area contributed by atoms with Crippen molar-refractivity contribution < 1.29 is 9.21 Å². The summed E-state index contributed by atoms with van der Waals surface area (Å²) in [5.74, 6) is 0.0476. The molecule has 0 aliphatic carbocycles. The molecule has 4 heteroatoms. The monoisotopic (exact) mass is 233 g/mol. The Morgan fingerprint density at radius 2 is 2.12 bits per heavy atom. The fourth-order valence-electron chi connectivity index (χ4n) is 1.32. The van der Waals surface area contributed by atoms with Crippen LogP contribution in [0.1, 0.15) is 23.0 Å². The first-order valence-corrected chi connectivity index (χ1v) is 5.68. The highest BCUT2D eigenvalue weighted by Crippen LogP contribution is 2.29. The first kappa shape index (κ1) is 11.0. The Morgan fingerprint density at radius 1 is 1.38 bits per heavy atom. The van der Waals surface area contributed by atoms with Crippen LogP contribution < -0.4 is 0 Å². The Morgan fingerprint density at radius 3 is 2.75 bits per heavy atom. The average molecular weight is 233 g/mol. The molecule has 0 radical (unpaired) electrons. The zero-order chi connectivity index (χ0) is 11.5. The smallest absolute Gasteiger partial charge is 0.260 e. The molecule has 0 saturated heterocycles. The average Bonchev–Trinajstić information content (AvgIpc) is 2.64. The second-order valence-corrected chi connectivity index (χ2v) is 4.40. The molecule has 1 heterocycles. The summed E-state index contributed by atoms with van der Waals surface area (Å²) in [6.45, 7) is 3.42. The minimum atomic E-state index is 0.0476. The van der Waals surface area contributed by atoms with Crippen molar-refractivity contribution in [2.24, 2.45) is 0 Å². The zero-order valence-electron chi connectivity index (χ0n) is 9.06. The molecule has 82 valence electrons. The summed E-state index contributed by atoms with van der Waals surface area (Å²) in [7, 11) is 0. The number of oxazole rings is 1. The first-order chi connectivity index (χ1) is 7.66. The summed E-state index contributed by atoms with van der Waals surface area (Å²) in [6, 6.07) is 7.44. The van der Waals surface area contributed by atoms with Gasteiger partial charge in [0.05, 0.1) is 5.69 Å². The Kier molecular flexibility index (Phi) is 3.10. The first-order valence-electron chi connectivity index (χ1n) is 4.87. The fraction of sp³-hybridized carbons (Fsp3) is 0.167. The molecule has 0 bridgehead atoms. The highest BCUT2D eigenvalue weighted by Gasteiger charge is 2.10. The van der Waals surface area contributed by atoms with E-state index >= 15 is 0 Å². The van der Waals surface area contributed by atoms with Gasteiger partial charge in [-0.15, -0.1) is 0 Å². The second-order valence-electron chi connectivity index (χ2n) is 3.41. The maximum absolute atomic E-state index is 11.4. The predicted molar refractivity (Wildman–Crippen MR) is 61.8 cm³/mol. The molecule has 0 amide bonds. The molecule has 0 unspecified atom stereocenters. The highest BCUT2D eigenvalue weighted by molar-refractivity contribution is 7.99. The molecule has 0 N–H and O–H groups in total. The van der Waals surface area contributed by atoms with E-state index in [9.17, 15) is 4.79 Å². The lowest BCUT2D eigenvalue weighted by Crippen LogP contribution is -1.94. The van der Waals surface area contributed by atoms with Gasteiger partial charge in [0.15, 0.2) is 5.78 Å². The van der Waals surface area contributed by atoms with Crippen molar-refractivity contribution >= 4 is 17.5 Å². The number of benzene rings is 1. The van der Waals surface area contributed by atoms with E-state index in [1.54, 1.807) is 19.3 Å². The van der Waals surface area contributed by atoms with E-state index in [0.29, 0.717) is 10.8 Å². The number of hydrogen-bond donors (Lipinski definition) is 0. The molecule has 2 aromatic rings. The minimum absolute atomic E-state index is 0.0476. The lowest BCUT2D eigenvalue weighted by Gasteiger charge is -2.02. The normalized spacial score (nSPS) is 10.4. The number of carbonyl (C=O) groups is 1. The van der Waals surface area contributed by atoms with E-state index in [0.717, 1.165) is 10.6 Å². The molecule has 0 atom stereocenters. The quantitative estimate of drug-likeness (QED) is 0.762. The zero-order valence-corrected chi connectivity index (χ0v) is 9.88. The van der Waals surface area contributed by atoms with Crippen LogP contribution in [0.5, 0.6) is 0 Å². The van der Waals surface area contributed by atoms with Crippen molar-refractivity contribution in [3.8, 4) is 0 Å². The van der Waals surface area contributed by atoms with Gasteiger partial charge >= 0.3 is 0 Å². The molecule has 1 aromatic carbocycles.